The quantitative estimate of drug-likeness (QED) is 0.685. The van der Waals surface area contributed by atoms with Crippen molar-refractivity contribution in [3.05, 3.63) is 90.0 Å². The minimum absolute atomic E-state index is 0.176. The van der Waals surface area contributed by atoms with Crippen molar-refractivity contribution in [2.75, 3.05) is 24.5 Å². The number of hydrogen-bond acceptors (Lipinski definition) is 6. The lowest BCUT2D eigenvalue weighted by Gasteiger charge is -2.37. The molecule has 2 atom stereocenters. The van der Waals surface area contributed by atoms with Gasteiger partial charge in [0.15, 0.2) is 11.0 Å². The van der Waals surface area contributed by atoms with Gasteiger partial charge in [-0.2, -0.15) is 0 Å². The molecule has 1 fully saturated rings. The van der Waals surface area contributed by atoms with Crippen LogP contribution in [0.4, 0.5) is 10.3 Å². The second-order valence-corrected chi connectivity index (χ2v) is 8.92. The van der Waals surface area contributed by atoms with Gasteiger partial charge < -0.3 is 10.2 Å². The number of aromatic nitrogens is 2. The van der Waals surface area contributed by atoms with E-state index >= 15 is 0 Å². The summed E-state index contributed by atoms with van der Waals surface area (Å²) in [6, 6.07) is 19.4. The summed E-state index contributed by atoms with van der Waals surface area (Å²) >= 11 is 1.57. The summed E-state index contributed by atoms with van der Waals surface area (Å²) < 4.78 is 13.0. The molecule has 0 saturated carbocycles. The van der Waals surface area contributed by atoms with Gasteiger partial charge in [-0.25, -0.2) is 14.4 Å². The van der Waals surface area contributed by atoms with Crippen molar-refractivity contribution in [2.24, 2.45) is 10.9 Å². The fraction of sp³-hybridized carbons (Fsp3) is 0.217. The summed E-state index contributed by atoms with van der Waals surface area (Å²) in [6.07, 6.45) is 2.38. The molecule has 2 aliphatic rings. The molecule has 6 nitrogen and oxygen atoms in total. The minimum atomic E-state index is -0.457. The van der Waals surface area contributed by atoms with Crippen LogP contribution in [-0.4, -0.2) is 40.7 Å². The third-order valence-electron chi connectivity index (χ3n) is 5.67. The molecular formula is C23H20FN5OS. The number of carbonyl (C=O) groups excluding carboxylic acids is 1. The monoisotopic (exact) mass is 433 g/mol. The largest absolute Gasteiger partial charge is 0.339 e. The standard InChI is InChI=1S/C23H20FN5OS/c24-19-12-25-21(26-13-19)29-14-18-11-27-22(28-20(30)16-7-3-1-4-8-16)31-23(18,15-29)17-9-5-2-6-10-17/h1-10,12-13,18H,11,14-15H2,(H,27,28,30)/t18-,23+/m0/s1. The molecule has 0 spiro atoms. The Labute approximate surface area is 183 Å². The van der Waals surface area contributed by atoms with Gasteiger partial charge in [-0.3, -0.25) is 9.79 Å². The number of nitrogens with zero attached hydrogens (tertiary/aromatic N) is 4. The number of fused-ring (bicyclic) bond motifs is 1. The summed E-state index contributed by atoms with van der Waals surface area (Å²) in [5.74, 6) is 0.0690. The Bertz CT molecular complexity index is 1110. The zero-order valence-electron chi connectivity index (χ0n) is 16.6. The first-order valence-corrected chi connectivity index (χ1v) is 10.8. The fourth-order valence-corrected chi connectivity index (χ4v) is 5.58. The normalized spacial score (nSPS) is 22.5. The molecular weight excluding hydrogens is 413 g/mol. The predicted molar refractivity (Wildman–Crippen MR) is 120 cm³/mol. The summed E-state index contributed by atoms with van der Waals surface area (Å²) in [5.41, 5.74) is 1.76. The van der Waals surface area contributed by atoms with E-state index < -0.39 is 5.82 Å². The number of hydrogen-bond donors (Lipinski definition) is 1. The first-order chi connectivity index (χ1) is 15.1. The van der Waals surface area contributed by atoms with Gasteiger partial charge in [0, 0.05) is 31.1 Å². The summed E-state index contributed by atoms with van der Waals surface area (Å²) in [6.45, 7) is 1.92. The average Bonchev–Trinajstić information content (AvgIpc) is 3.21. The first-order valence-electron chi connectivity index (χ1n) is 10.0. The Morgan fingerprint density at radius 3 is 2.45 bits per heavy atom. The highest BCUT2D eigenvalue weighted by atomic mass is 32.2. The summed E-state index contributed by atoms with van der Waals surface area (Å²) in [7, 11) is 0. The average molecular weight is 434 g/mol. The van der Waals surface area contributed by atoms with Crippen LogP contribution in [0.3, 0.4) is 0 Å². The molecule has 2 aliphatic heterocycles. The van der Waals surface area contributed by atoms with E-state index in [-0.39, 0.29) is 16.6 Å². The number of nitrogens with one attached hydrogen (secondary N) is 1. The van der Waals surface area contributed by atoms with Crippen molar-refractivity contribution in [3.8, 4) is 0 Å². The van der Waals surface area contributed by atoms with Crippen LogP contribution in [0, 0.1) is 11.7 Å². The molecule has 1 aromatic heterocycles. The number of thioether (sulfide) groups is 1. The molecule has 2 aromatic carbocycles. The minimum Gasteiger partial charge on any atom is -0.339 e. The van der Waals surface area contributed by atoms with Crippen LogP contribution >= 0.6 is 11.8 Å². The van der Waals surface area contributed by atoms with Crippen LogP contribution in [0.1, 0.15) is 15.9 Å². The molecule has 0 unspecified atom stereocenters. The number of amidine groups is 1. The topological polar surface area (TPSA) is 70.5 Å². The van der Waals surface area contributed by atoms with Crippen LogP contribution < -0.4 is 10.2 Å². The van der Waals surface area contributed by atoms with E-state index in [4.69, 9.17) is 0 Å². The SMILES string of the molecule is O=C(NC1=NC[C@H]2CN(c3ncc(F)cn3)C[C@]2(c2ccccc2)S1)c1ccccc1. The van der Waals surface area contributed by atoms with Crippen LogP contribution in [0.5, 0.6) is 0 Å². The molecule has 5 rings (SSSR count). The van der Waals surface area contributed by atoms with Gasteiger partial charge in [-0.15, -0.1) is 0 Å². The molecule has 0 radical (unpaired) electrons. The van der Waals surface area contributed by atoms with Crippen molar-refractivity contribution < 1.29 is 9.18 Å². The molecule has 3 aromatic rings. The maximum Gasteiger partial charge on any atom is 0.257 e. The molecule has 31 heavy (non-hydrogen) atoms. The molecule has 1 amide bonds. The van der Waals surface area contributed by atoms with Crippen molar-refractivity contribution in [3.63, 3.8) is 0 Å². The lowest BCUT2D eigenvalue weighted by molar-refractivity contribution is 0.0977. The zero-order chi connectivity index (χ0) is 21.3. The molecule has 3 heterocycles. The third kappa shape index (κ3) is 3.79. The highest BCUT2D eigenvalue weighted by molar-refractivity contribution is 8.14. The molecule has 1 N–H and O–H groups in total. The first kappa shape index (κ1) is 19.7. The molecule has 156 valence electrons. The van der Waals surface area contributed by atoms with E-state index in [2.05, 4.69) is 37.3 Å². The van der Waals surface area contributed by atoms with Gasteiger partial charge in [-0.1, -0.05) is 60.3 Å². The lowest BCUT2D eigenvalue weighted by Crippen LogP contribution is -2.42. The molecule has 8 heteroatoms. The second-order valence-electron chi connectivity index (χ2n) is 7.60. The maximum atomic E-state index is 13.3. The van der Waals surface area contributed by atoms with Crippen molar-refractivity contribution >= 4 is 28.8 Å². The smallest absolute Gasteiger partial charge is 0.257 e. The second kappa shape index (κ2) is 8.11. The van der Waals surface area contributed by atoms with Crippen LogP contribution in [-0.2, 0) is 4.75 Å². The lowest BCUT2D eigenvalue weighted by atomic mass is 9.87. The Kier molecular flexibility index (Phi) is 5.15. The van der Waals surface area contributed by atoms with Crippen LogP contribution in [0.2, 0.25) is 0 Å². The van der Waals surface area contributed by atoms with Gasteiger partial charge in [0.1, 0.15) is 0 Å². The van der Waals surface area contributed by atoms with E-state index in [1.807, 2.05) is 36.4 Å². The number of anilines is 1. The van der Waals surface area contributed by atoms with Crippen molar-refractivity contribution in [1.82, 2.24) is 15.3 Å². The Morgan fingerprint density at radius 1 is 1.06 bits per heavy atom. The number of benzene rings is 2. The van der Waals surface area contributed by atoms with Crippen molar-refractivity contribution in [1.29, 1.82) is 0 Å². The maximum absolute atomic E-state index is 13.3. The predicted octanol–water partition coefficient (Wildman–Crippen LogP) is 3.48. The van der Waals surface area contributed by atoms with Gasteiger partial charge in [-0.05, 0) is 17.7 Å². The molecule has 0 bridgehead atoms. The third-order valence-corrected chi connectivity index (χ3v) is 7.16. The van der Waals surface area contributed by atoms with Gasteiger partial charge >= 0.3 is 0 Å². The Hall–Kier alpha value is -3.26. The van der Waals surface area contributed by atoms with E-state index in [0.29, 0.717) is 36.3 Å². The summed E-state index contributed by atoms with van der Waals surface area (Å²) in [5, 5.41) is 3.59. The number of carbonyl (C=O) groups is 1. The fourth-order valence-electron chi connectivity index (χ4n) is 4.16. The zero-order valence-corrected chi connectivity index (χ0v) is 17.4. The van der Waals surface area contributed by atoms with Crippen LogP contribution in [0.15, 0.2) is 78.0 Å². The number of amides is 1. The number of aliphatic imine (C=N–C) groups is 1. The van der Waals surface area contributed by atoms with E-state index in [9.17, 15) is 9.18 Å². The number of halogens is 1. The van der Waals surface area contributed by atoms with Crippen LogP contribution in [0.25, 0.3) is 0 Å². The highest BCUT2D eigenvalue weighted by Gasteiger charge is 2.52. The van der Waals surface area contributed by atoms with E-state index in [1.165, 1.54) is 12.4 Å². The van der Waals surface area contributed by atoms with Gasteiger partial charge in [0.25, 0.3) is 5.91 Å². The Morgan fingerprint density at radius 2 is 1.74 bits per heavy atom. The van der Waals surface area contributed by atoms with Gasteiger partial charge in [0.2, 0.25) is 5.95 Å². The number of rotatable bonds is 3. The van der Waals surface area contributed by atoms with Crippen molar-refractivity contribution in [2.45, 2.75) is 4.75 Å². The molecule has 1 saturated heterocycles. The molecule has 0 aliphatic carbocycles. The Balaban J connectivity index is 1.44. The summed E-state index contributed by atoms with van der Waals surface area (Å²) in [4.78, 5) is 27.8. The van der Waals surface area contributed by atoms with E-state index in [1.54, 1.807) is 23.9 Å². The highest BCUT2D eigenvalue weighted by Crippen LogP contribution is 2.51. The van der Waals surface area contributed by atoms with E-state index in [0.717, 1.165) is 5.56 Å². The van der Waals surface area contributed by atoms with Gasteiger partial charge in [0.05, 0.1) is 17.1 Å².